The van der Waals surface area contributed by atoms with Crippen molar-refractivity contribution in [3.05, 3.63) is 24.3 Å². The van der Waals surface area contributed by atoms with E-state index in [4.69, 9.17) is 0 Å². The molecule has 3 aromatic heterocycles. The van der Waals surface area contributed by atoms with Crippen molar-refractivity contribution in [3.63, 3.8) is 0 Å². The van der Waals surface area contributed by atoms with Gasteiger partial charge in [0.2, 0.25) is 0 Å². The Bertz CT molecular complexity index is 819. The molecule has 0 saturated carbocycles. The average molecular weight is 288 g/mol. The van der Waals surface area contributed by atoms with E-state index in [1.807, 2.05) is 25.4 Å². The van der Waals surface area contributed by atoms with Crippen molar-refractivity contribution in [3.8, 4) is 0 Å². The zero-order chi connectivity index (χ0) is 13.7. The molecule has 104 valence electrons. The number of hydrogen-bond acceptors (Lipinski definition) is 3. The molecule has 0 bridgehead atoms. The Kier molecular flexibility index (Phi) is 2.66. The van der Waals surface area contributed by atoms with Crippen molar-refractivity contribution in [2.45, 2.75) is 25.8 Å². The van der Waals surface area contributed by atoms with Crippen molar-refractivity contribution in [1.29, 1.82) is 0 Å². The van der Waals surface area contributed by atoms with Gasteiger partial charge in [0.1, 0.15) is 17.0 Å². The first-order valence-electron chi connectivity index (χ1n) is 6.89. The molecule has 1 fully saturated rings. The highest BCUT2D eigenvalue weighted by Crippen LogP contribution is 2.31. The van der Waals surface area contributed by atoms with Crippen LogP contribution in [0.1, 0.15) is 24.7 Å². The van der Waals surface area contributed by atoms with Gasteiger partial charge in [-0.2, -0.15) is 0 Å². The maximum Gasteiger partial charge on any atom is 0.139 e. The first kappa shape index (κ1) is 12.1. The molecular weight excluding hydrogens is 272 g/mol. The summed E-state index contributed by atoms with van der Waals surface area (Å²) >= 11 is 0. The molecule has 1 saturated heterocycles. The molecule has 0 spiro atoms. The van der Waals surface area contributed by atoms with E-state index in [1.165, 1.54) is 0 Å². The summed E-state index contributed by atoms with van der Waals surface area (Å²) in [5.41, 5.74) is 2.93. The lowest BCUT2D eigenvalue weighted by molar-refractivity contribution is 0.491. The second kappa shape index (κ2) is 4.41. The van der Waals surface area contributed by atoms with Crippen LogP contribution in [-0.4, -0.2) is 35.2 Å². The van der Waals surface area contributed by atoms with Crippen molar-refractivity contribution in [2.24, 2.45) is 0 Å². The number of imidazole rings is 1. The first-order valence-corrected chi connectivity index (χ1v) is 8.38. The zero-order valence-corrected chi connectivity index (χ0v) is 12.1. The van der Waals surface area contributed by atoms with Crippen LogP contribution in [0.5, 0.6) is 0 Å². The molecule has 6 heteroatoms. The second-order valence-corrected chi connectivity index (χ2v) is 6.99. The summed E-state index contributed by atoms with van der Waals surface area (Å²) in [4.78, 5) is 12.2. The van der Waals surface area contributed by atoms with E-state index < -0.39 is 10.8 Å². The number of rotatable bonds is 1. The highest BCUT2D eigenvalue weighted by atomic mass is 32.2. The molecular formula is C14H16N4OS. The van der Waals surface area contributed by atoms with Gasteiger partial charge in [-0.3, -0.25) is 4.21 Å². The lowest BCUT2D eigenvalue weighted by Crippen LogP contribution is -2.24. The maximum atomic E-state index is 11.9. The van der Waals surface area contributed by atoms with Gasteiger partial charge < -0.3 is 9.55 Å². The van der Waals surface area contributed by atoms with Crippen LogP contribution < -0.4 is 0 Å². The Morgan fingerprint density at radius 1 is 1.50 bits per heavy atom. The molecule has 2 atom stereocenters. The number of aromatic nitrogens is 4. The minimum atomic E-state index is -0.702. The fourth-order valence-electron chi connectivity index (χ4n) is 3.22. The number of pyridine rings is 1. The molecule has 2 unspecified atom stereocenters. The minimum absolute atomic E-state index is 0.287. The fraction of sp³-hybridized carbons (Fsp3) is 0.429. The van der Waals surface area contributed by atoms with Crippen LogP contribution in [0.2, 0.25) is 0 Å². The van der Waals surface area contributed by atoms with Gasteiger partial charge in [-0.05, 0) is 25.8 Å². The van der Waals surface area contributed by atoms with Crippen LogP contribution in [-0.2, 0) is 10.8 Å². The largest absolute Gasteiger partial charge is 0.346 e. The summed E-state index contributed by atoms with van der Waals surface area (Å²) < 4.78 is 14.2. The number of fused-ring (bicyclic) bond motifs is 3. The number of aryl methyl sites for hydroxylation is 1. The molecule has 0 aromatic carbocycles. The molecule has 0 amide bonds. The lowest BCUT2D eigenvalue weighted by atomic mass is 10.1. The van der Waals surface area contributed by atoms with E-state index in [-0.39, 0.29) is 6.04 Å². The molecule has 1 N–H and O–H groups in total. The SMILES string of the molecule is Cc1nc2cnc3[nH]ccc3c2n1C1CCCS(=O)C1. The topological polar surface area (TPSA) is 63.6 Å². The van der Waals surface area contributed by atoms with E-state index in [0.717, 1.165) is 52.2 Å². The van der Waals surface area contributed by atoms with E-state index in [9.17, 15) is 4.21 Å². The van der Waals surface area contributed by atoms with Gasteiger partial charge >= 0.3 is 0 Å². The third-order valence-electron chi connectivity index (χ3n) is 4.06. The van der Waals surface area contributed by atoms with Gasteiger partial charge in [0.05, 0.1) is 11.7 Å². The van der Waals surface area contributed by atoms with Crippen LogP contribution >= 0.6 is 0 Å². The highest BCUT2D eigenvalue weighted by Gasteiger charge is 2.24. The number of aromatic amines is 1. The third-order valence-corrected chi connectivity index (χ3v) is 5.56. The summed E-state index contributed by atoms with van der Waals surface area (Å²) in [5.74, 6) is 2.56. The Morgan fingerprint density at radius 3 is 3.25 bits per heavy atom. The molecule has 1 aliphatic heterocycles. The normalized spacial score (nSPS) is 23.6. The van der Waals surface area contributed by atoms with Crippen LogP contribution in [0.3, 0.4) is 0 Å². The van der Waals surface area contributed by atoms with E-state index in [0.29, 0.717) is 0 Å². The number of nitrogens with one attached hydrogen (secondary N) is 1. The summed E-state index contributed by atoms with van der Waals surface area (Å²) in [6, 6.07) is 2.33. The Morgan fingerprint density at radius 2 is 2.40 bits per heavy atom. The molecule has 20 heavy (non-hydrogen) atoms. The number of nitrogens with zero attached hydrogens (tertiary/aromatic N) is 3. The summed E-state index contributed by atoms with van der Waals surface area (Å²) in [6.07, 6.45) is 5.82. The fourth-order valence-corrected chi connectivity index (χ4v) is 4.62. The second-order valence-electron chi connectivity index (χ2n) is 5.37. The quantitative estimate of drug-likeness (QED) is 0.747. The van der Waals surface area contributed by atoms with Crippen molar-refractivity contribution < 1.29 is 4.21 Å². The number of H-pyrrole nitrogens is 1. The molecule has 4 heterocycles. The first-order chi connectivity index (χ1) is 9.74. The maximum absolute atomic E-state index is 11.9. The Hall–Kier alpha value is -1.69. The van der Waals surface area contributed by atoms with Crippen molar-refractivity contribution >= 4 is 32.9 Å². The minimum Gasteiger partial charge on any atom is -0.346 e. The zero-order valence-electron chi connectivity index (χ0n) is 11.3. The molecule has 0 aliphatic carbocycles. The molecule has 4 rings (SSSR count). The molecule has 1 aliphatic rings. The molecule has 5 nitrogen and oxygen atoms in total. The Labute approximate surface area is 118 Å². The van der Waals surface area contributed by atoms with Crippen LogP contribution in [0.4, 0.5) is 0 Å². The van der Waals surface area contributed by atoms with Crippen LogP contribution in [0.15, 0.2) is 18.5 Å². The van der Waals surface area contributed by atoms with Crippen LogP contribution in [0.25, 0.3) is 22.1 Å². The highest BCUT2D eigenvalue weighted by molar-refractivity contribution is 7.85. The Balaban J connectivity index is 1.99. The van der Waals surface area contributed by atoms with Gasteiger partial charge in [0.25, 0.3) is 0 Å². The summed E-state index contributed by atoms with van der Waals surface area (Å²) in [5, 5.41) is 1.10. The van der Waals surface area contributed by atoms with Crippen molar-refractivity contribution in [1.82, 2.24) is 19.5 Å². The van der Waals surface area contributed by atoms with E-state index >= 15 is 0 Å². The number of hydrogen-bond donors (Lipinski definition) is 1. The summed E-state index contributed by atoms with van der Waals surface area (Å²) in [6.45, 7) is 2.02. The van der Waals surface area contributed by atoms with E-state index in [2.05, 4.69) is 19.5 Å². The molecule has 3 aromatic rings. The van der Waals surface area contributed by atoms with Gasteiger partial charge in [-0.15, -0.1) is 0 Å². The monoisotopic (exact) mass is 288 g/mol. The van der Waals surface area contributed by atoms with Gasteiger partial charge in [-0.25, -0.2) is 9.97 Å². The van der Waals surface area contributed by atoms with Crippen molar-refractivity contribution in [2.75, 3.05) is 11.5 Å². The third kappa shape index (κ3) is 1.71. The standard InChI is InChI=1S/C14H16N4OS/c1-9-17-12-7-16-14-11(4-5-15-14)13(12)18(9)10-3-2-6-20(19)8-10/h4-5,7,10H,2-3,6,8H2,1H3,(H,15,16). The van der Waals surface area contributed by atoms with Gasteiger partial charge in [0, 0.05) is 39.9 Å². The molecule has 0 radical (unpaired) electrons. The predicted molar refractivity (Wildman–Crippen MR) is 80.3 cm³/mol. The lowest BCUT2D eigenvalue weighted by Gasteiger charge is -2.24. The van der Waals surface area contributed by atoms with Gasteiger partial charge in [-0.1, -0.05) is 0 Å². The predicted octanol–water partition coefficient (Wildman–Crippen LogP) is 2.30. The van der Waals surface area contributed by atoms with E-state index in [1.54, 1.807) is 0 Å². The average Bonchev–Trinajstić information content (AvgIpc) is 3.00. The van der Waals surface area contributed by atoms with Crippen LogP contribution in [0, 0.1) is 6.92 Å². The summed E-state index contributed by atoms with van der Waals surface area (Å²) in [7, 11) is -0.702. The smallest absolute Gasteiger partial charge is 0.139 e. The van der Waals surface area contributed by atoms with Gasteiger partial charge in [0.15, 0.2) is 0 Å².